The topological polar surface area (TPSA) is 63.1 Å². The number of hydrogen-bond acceptors (Lipinski definition) is 5. The first-order chi connectivity index (χ1) is 25.4. The molecule has 0 saturated carbocycles. The molecule has 0 amide bonds. The molecule has 0 bridgehead atoms. The Morgan fingerprint density at radius 1 is 0.818 bits per heavy atom. The molecule has 0 spiro atoms. The van der Waals surface area contributed by atoms with Gasteiger partial charge in [-0.1, -0.05) is 55.4 Å². The summed E-state index contributed by atoms with van der Waals surface area (Å²) in [6, 6.07) is 21.9. The molecule has 0 atom stereocenters. The third kappa shape index (κ3) is 11.0. The summed E-state index contributed by atoms with van der Waals surface area (Å²) < 4.78 is 4.09. The maximum atomic E-state index is 12.3. The summed E-state index contributed by atoms with van der Waals surface area (Å²) in [7, 11) is 0. The number of fused-ring (bicyclic) bond motifs is 4. The van der Waals surface area contributed by atoms with Gasteiger partial charge in [0.25, 0.3) is 0 Å². The molecule has 0 aliphatic carbocycles. The molecule has 2 aromatic heterocycles. The fraction of sp³-hybridized carbons (Fsp3) is 0.521. The van der Waals surface area contributed by atoms with Gasteiger partial charge >= 0.3 is 217 Å². The fourth-order valence-electron chi connectivity index (χ4n) is 8.87. The van der Waals surface area contributed by atoms with E-state index in [1.165, 1.54) is 53.0 Å². The van der Waals surface area contributed by atoms with Crippen LogP contribution in [0.5, 0.6) is 0 Å². The molecule has 55 heavy (non-hydrogen) atoms. The van der Waals surface area contributed by atoms with Gasteiger partial charge in [0.2, 0.25) is 0 Å². The van der Waals surface area contributed by atoms with E-state index in [-0.39, 0.29) is 48.9 Å². The minimum absolute atomic E-state index is 0. The van der Waals surface area contributed by atoms with Gasteiger partial charge in [-0.3, -0.25) is 4.79 Å². The quantitative estimate of drug-likeness (QED) is 0.0552. The van der Waals surface area contributed by atoms with Gasteiger partial charge in [-0.2, -0.15) is 0 Å². The molecule has 2 heterocycles. The van der Waals surface area contributed by atoms with Gasteiger partial charge in [0.05, 0.1) is 5.76 Å². The van der Waals surface area contributed by atoms with Crippen molar-refractivity contribution in [3.8, 4) is 11.3 Å². The molecule has 0 unspecified atom stereocenters. The average molecular weight is 1000 g/mol. The summed E-state index contributed by atoms with van der Waals surface area (Å²) in [6.45, 7) is 30.7. The van der Waals surface area contributed by atoms with Crippen molar-refractivity contribution in [2.24, 2.45) is 40.9 Å². The first-order valence-electron chi connectivity index (χ1n) is 20.4. The Hall–Kier alpha value is -2.38. The summed E-state index contributed by atoms with van der Waals surface area (Å²) in [5.41, 5.74) is 4.87. The number of thiophene rings is 1. The van der Waals surface area contributed by atoms with Crippen LogP contribution in [0.15, 0.2) is 66.7 Å². The number of aromatic nitrogens is 2. The van der Waals surface area contributed by atoms with E-state index in [2.05, 4.69) is 152 Å². The summed E-state index contributed by atoms with van der Waals surface area (Å²) in [4.78, 5) is 21.9. The SMILES string of the molecule is CC(C)C(C(=O)/C=C(\O)C(C(C)C)C(C)C)C(C)C.C[CH2][Ge]([CH2]C)([CH2]C)[c]1cc(-c2ncnc3c2sc2cc(CC(C)(C)C)ccc23)[c-]c2ccccc12.[Ir]. The maximum Gasteiger partial charge on any atom is 0 e. The van der Waals surface area contributed by atoms with Crippen LogP contribution in [0, 0.1) is 47.0 Å². The van der Waals surface area contributed by atoms with Crippen LogP contribution in [-0.4, -0.2) is 34.1 Å². The number of nitrogens with zero attached hydrogens (tertiary/aromatic N) is 2. The number of carbonyl (C=O) groups is 1. The average Bonchev–Trinajstić information content (AvgIpc) is 3.46. The van der Waals surface area contributed by atoms with Gasteiger partial charge in [0.15, 0.2) is 5.78 Å². The van der Waals surface area contributed by atoms with Gasteiger partial charge in [0.1, 0.15) is 0 Å². The van der Waals surface area contributed by atoms with Crippen LogP contribution < -0.4 is 4.40 Å². The number of allylic oxidation sites excluding steroid dienone is 2. The first-order valence-corrected chi connectivity index (χ1v) is 26.8. The van der Waals surface area contributed by atoms with Gasteiger partial charge in [-0.25, -0.2) is 0 Å². The summed E-state index contributed by atoms with van der Waals surface area (Å²) in [5.74, 6) is 1.63. The largest absolute Gasteiger partial charge is 0 e. The van der Waals surface area contributed by atoms with E-state index in [1.807, 2.05) is 11.3 Å². The van der Waals surface area contributed by atoms with Crippen molar-refractivity contribution in [2.45, 2.75) is 119 Å². The molecule has 0 aliphatic rings. The Balaban J connectivity index is 0.000000349. The monoisotopic (exact) mass is 1000 g/mol. The van der Waals surface area contributed by atoms with Crippen molar-refractivity contribution >= 4 is 65.9 Å². The van der Waals surface area contributed by atoms with Crippen LogP contribution in [-0.2, 0) is 31.3 Å². The molecular weight excluding hydrogens is 933 g/mol. The Kier molecular flexibility index (Phi) is 17.0. The van der Waals surface area contributed by atoms with Crippen molar-refractivity contribution in [3.05, 3.63) is 78.3 Å². The number of hydrogen-bond donors (Lipinski definition) is 1. The van der Waals surface area contributed by atoms with Gasteiger partial charge < -0.3 is 5.11 Å². The van der Waals surface area contributed by atoms with Crippen molar-refractivity contribution < 1.29 is 30.0 Å². The zero-order valence-corrected chi connectivity index (χ0v) is 41.4. The molecule has 0 aliphatic heterocycles. The fourth-order valence-corrected chi connectivity index (χ4v) is 18.2. The molecule has 301 valence electrons. The van der Waals surface area contributed by atoms with Crippen molar-refractivity contribution in [1.29, 1.82) is 0 Å². The minimum atomic E-state index is -2.23. The summed E-state index contributed by atoms with van der Waals surface area (Å²) in [5, 5.41) is 18.0. The predicted molar refractivity (Wildman–Crippen MR) is 239 cm³/mol. The second-order valence-electron chi connectivity index (χ2n) is 18.1. The molecule has 5 aromatic rings. The zero-order valence-electron chi connectivity index (χ0n) is 36.1. The van der Waals surface area contributed by atoms with Crippen molar-refractivity contribution in [2.75, 3.05) is 0 Å². The molecular formula is C48H67GeIrN2O2S-. The van der Waals surface area contributed by atoms with E-state index < -0.39 is 13.3 Å². The molecule has 0 fully saturated rings. The number of aliphatic hydroxyl groups is 1. The molecule has 4 nitrogen and oxygen atoms in total. The van der Waals surface area contributed by atoms with E-state index in [4.69, 9.17) is 9.97 Å². The van der Waals surface area contributed by atoms with E-state index >= 15 is 0 Å². The smallest absolute Gasteiger partial charge is 0 e. The van der Waals surface area contributed by atoms with Crippen LogP contribution in [0.4, 0.5) is 0 Å². The minimum Gasteiger partial charge on any atom is 0 e. The normalized spacial score (nSPS) is 12.8. The Morgan fingerprint density at radius 2 is 1.40 bits per heavy atom. The number of aliphatic hydroxyl groups excluding tert-OH is 1. The first kappa shape index (κ1) is 47.0. The third-order valence-corrected chi connectivity index (χ3v) is 24.5. The number of ketones is 1. The van der Waals surface area contributed by atoms with E-state index in [9.17, 15) is 9.90 Å². The summed E-state index contributed by atoms with van der Waals surface area (Å²) >= 11 is -0.399. The molecule has 1 N–H and O–H groups in total. The van der Waals surface area contributed by atoms with E-state index in [0.717, 1.165) is 23.2 Å². The van der Waals surface area contributed by atoms with Crippen LogP contribution in [0.2, 0.25) is 15.8 Å². The number of rotatable bonds is 13. The molecule has 1 radical (unpaired) electrons. The molecule has 3 aromatic carbocycles. The van der Waals surface area contributed by atoms with Gasteiger partial charge in [-0.05, 0) is 23.7 Å². The Labute approximate surface area is 353 Å². The third-order valence-electron chi connectivity index (χ3n) is 11.5. The van der Waals surface area contributed by atoms with Crippen molar-refractivity contribution in [3.63, 3.8) is 0 Å². The second kappa shape index (κ2) is 19.9. The van der Waals surface area contributed by atoms with Crippen LogP contribution in [0.25, 0.3) is 42.3 Å². The standard InChI is InChI=1S/C31H35GeN2S.C17H32O2.Ir/c1-7-32(8-2,9-3)26-18-23(17-22-12-10-11-13-24(22)26)28-30-29(34-20-33-28)25-15-14-21(16-27(25)35-30)19-31(4,5)6;1-10(2)16(11(3)4)14(18)9-15(19)17(12(5)6)13(7)8;/h10-16,18,20H,7-9,19H2,1-6H3;9-13,16-18H,1-8H3;/q-1;;/b;14-9-;. The van der Waals surface area contributed by atoms with Crippen LogP contribution in [0.3, 0.4) is 0 Å². The van der Waals surface area contributed by atoms with E-state index in [1.54, 1.807) is 10.7 Å². The summed E-state index contributed by atoms with van der Waals surface area (Å²) in [6.07, 6.45) is 4.29. The number of carbonyl (C=O) groups excluding carboxylic acids is 1. The molecule has 0 saturated heterocycles. The van der Waals surface area contributed by atoms with E-state index in [0.29, 0.717) is 23.7 Å². The van der Waals surface area contributed by atoms with Crippen molar-refractivity contribution in [1.82, 2.24) is 9.97 Å². The second-order valence-corrected chi connectivity index (χ2v) is 30.1. The molecule has 7 heteroatoms. The molecule has 5 rings (SSSR count). The zero-order chi connectivity index (χ0) is 40.1. The van der Waals surface area contributed by atoms with Crippen LogP contribution >= 0.6 is 11.3 Å². The van der Waals surface area contributed by atoms with Gasteiger partial charge in [0, 0.05) is 38.0 Å². The van der Waals surface area contributed by atoms with Crippen LogP contribution in [0.1, 0.15) is 102 Å². The maximum absolute atomic E-state index is 12.3. The predicted octanol–water partition coefficient (Wildman–Crippen LogP) is 13.6. The van der Waals surface area contributed by atoms with Gasteiger partial charge in [-0.15, -0.1) is 0 Å². The Morgan fingerprint density at radius 3 is 1.95 bits per heavy atom. The number of benzene rings is 3. The Bertz CT molecular complexity index is 2050.